The molecule has 7 nitrogen and oxygen atoms in total. The normalized spacial score (nSPS) is 10.7. The van der Waals surface area contributed by atoms with Gasteiger partial charge in [0.1, 0.15) is 0 Å². The van der Waals surface area contributed by atoms with E-state index in [9.17, 15) is 19.7 Å². The second-order valence-electron chi connectivity index (χ2n) is 7.02. The van der Waals surface area contributed by atoms with E-state index in [1.807, 2.05) is 49.4 Å². The number of anilines is 2. The fourth-order valence-electron chi connectivity index (χ4n) is 3.15. The first-order valence-electron chi connectivity index (χ1n) is 10.1. The van der Waals surface area contributed by atoms with E-state index in [1.165, 1.54) is 18.2 Å². The monoisotopic (exact) mass is 429 g/mol. The fraction of sp³-hybridized carbons (Fsp3) is 0.120. The third-order valence-electron chi connectivity index (χ3n) is 4.79. The average Bonchev–Trinajstić information content (AvgIpc) is 2.80. The molecule has 0 atom stereocenters. The van der Waals surface area contributed by atoms with Crippen LogP contribution in [-0.2, 0) is 16.0 Å². The minimum atomic E-state index is -0.473. The number of para-hydroxylation sites is 1. The Labute approximate surface area is 186 Å². The Hall–Kier alpha value is -4.26. The number of hydrogen-bond acceptors (Lipinski definition) is 4. The number of amides is 2. The summed E-state index contributed by atoms with van der Waals surface area (Å²) in [7, 11) is 0. The third kappa shape index (κ3) is 6.12. The average molecular weight is 429 g/mol. The minimum Gasteiger partial charge on any atom is -0.323 e. The molecule has 3 aromatic rings. The first-order valence-corrected chi connectivity index (χ1v) is 10.1. The lowest BCUT2D eigenvalue weighted by Crippen LogP contribution is -2.31. The molecule has 3 rings (SSSR count). The highest BCUT2D eigenvalue weighted by Gasteiger charge is 2.14. The zero-order valence-corrected chi connectivity index (χ0v) is 17.6. The summed E-state index contributed by atoms with van der Waals surface area (Å²) in [5.74, 6) is -0.324. The van der Waals surface area contributed by atoms with Crippen LogP contribution < -0.4 is 10.2 Å². The van der Waals surface area contributed by atoms with Crippen molar-refractivity contribution in [1.82, 2.24) is 0 Å². The molecule has 0 spiro atoms. The topological polar surface area (TPSA) is 92.6 Å². The number of carbonyl (C=O) groups excluding carboxylic acids is 2. The van der Waals surface area contributed by atoms with E-state index in [4.69, 9.17) is 0 Å². The predicted octanol–water partition coefficient (Wildman–Crippen LogP) is 4.84. The van der Waals surface area contributed by atoms with Crippen LogP contribution >= 0.6 is 0 Å². The smallest absolute Gasteiger partial charge is 0.269 e. The predicted molar refractivity (Wildman–Crippen MR) is 125 cm³/mol. The van der Waals surface area contributed by atoms with Gasteiger partial charge in [0, 0.05) is 36.1 Å². The van der Waals surface area contributed by atoms with Crippen molar-refractivity contribution in [3.05, 3.63) is 106 Å². The summed E-state index contributed by atoms with van der Waals surface area (Å²) < 4.78 is 0. The van der Waals surface area contributed by atoms with E-state index < -0.39 is 4.92 Å². The van der Waals surface area contributed by atoms with Gasteiger partial charge in [-0.2, -0.15) is 0 Å². The quantitative estimate of drug-likeness (QED) is 0.315. The molecule has 2 amide bonds. The van der Waals surface area contributed by atoms with Crippen molar-refractivity contribution in [2.24, 2.45) is 0 Å². The molecule has 0 fully saturated rings. The maximum Gasteiger partial charge on any atom is 0.269 e. The molecule has 32 heavy (non-hydrogen) atoms. The van der Waals surface area contributed by atoms with Crippen molar-refractivity contribution in [3.8, 4) is 0 Å². The lowest BCUT2D eigenvalue weighted by Gasteiger charge is -2.21. The summed E-state index contributed by atoms with van der Waals surface area (Å²) in [6, 6.07) is 22.6. The molecule has 1 N–H and O–H groups in total. The number of benzene rings is 3. The molecule has 162 valence electrons. The molecule has 0 radical (unpaired) electrons. The number of rotatable bonds is 8. The Kier molecular flexibility index (Phi) is 7.48. The summed E-state index contributed by atoms with van der Waals surface area (Å²) in [5, 5.41) is 13.4. The number of non-ortho nitro benzene ring substituents is 1. The highest BCUT2D eigenvalue weighted by Crippen LogP contribution is 2.17. The van der Waals surface area contributed by atoms with E-state index in [-0.39, 0.29) is 23.9 Å². The number of hydrogen-bond donors (Lipinski definition) is 1. The van der Waals surface area contributed by atoms with Crippen molar-refractivity contribution in [2.45, 2.75) is 13.3 Å². The Morgan fingerprint density at radius 2 is 1.62 bits per heavy atom. The largest absolute Gasteiger partial charge is 0.323 e. The molecule has 0 unspecified atom stereocenters. The summed E-state index contributed by atoms with van der Waals surface area (Å²) >= 11 is 0. The summed E-state index contributed by atoms with van der Waals surface area (Å²) in [6.07, 6.45) is 3.20. The number of nitrogens with one attached hydrogen (secondary N) is 1. The summed E-state index contributed by atoms with van der Waals surface area (Å²) in [4.78, 5) is 36.8. The van der Waals surface area contributed by atoms with Gasteiger partial charge in [0.05, 0.1) is 11.3 Å². The Morgan fingerprint density at radius 3 is 2.22 bits per heavy atom. The minimum absolute atomic E-state index is 0.00140. The van der Waals surface area contributed by atoms with Gasteiger partial charge in [-0.25, -0.2) is 0 Å². The molecular formula is C25H23N3O4. The van der Waals surface area contributed by atoms with Crippen LogP contribution in [0.25, 0.3) is 6.08 Å². The van der Waals surface area contributed by atoms with E-state index in [1.54, 1.807) is 35.2 Å². The van der Waals surface area contributed by atoms with E-state index in [0.29, 0.717) is 17.8 Å². The van der Waals surface area contributed by atoms with Crippen molar-refractivity contribution < 1.29 is 14.5 Å². The summed E-state index contributed by atoms with van der Waals surface area (Å²) in [6.45, 7) is 2.52. The highest BCUT2D eigenvalue weighted by molar-refractivity contribution is 6.02. The standard InChI is InChI=1S/C25H23N3O4/c1-2-27(22-6-4-3-5-7-22)25(30)18-20-8-13-21(14-9-20)26-24(29)17-12-19-10-15-23(16-11-19)28(31)32/h3-17H,2,18H2,1H3,(H,26,29). The number of nitro groups is 1. The molecule has 0 saturated carbocycles. The van der Waals surface area contributed by atoms with Crippen LogP contribution in [0.1, 0.15) is 18.1 Å². The number of nitrogens with zero attached hydrogens (tertiary/aromatic N) is 2. The highest BCUT2D eigenvalue weighted by atomic mass is 16.6. The second kappa shape index (κ2) is 10.7. The van der Waals surface area contributed by atoms with Crippen LogP contribution in [-0.4, -0.2) is 23.3 Å². The Bertz CT molecular complexity index is 1110. The van der Waals surface area contributed by atoms with Crippen LogP contribution in [0.2, 0.25) is 0 Å². The molecule has 0 heterocycles. The van der Waals surface area contributed by atoms with Crippen LogP contribution in [0, 0.1) is 10.1 Å². The number of nitro benzene ring substituents is 1. The van der Waals surface area contributed by atoms with Gasteiger partial charge in [0.25, 0.3) is 5.69 Å². The first-order chi connectivity index (χ1) is 15.5. The Morgan fingerprint density at radius 1 is 0.969 bits per heavy atom. The van der Waals surface area contributed by atoms with Crippen molar-refractivity contribution in [2.75, 3.05) is 16.8 Å². The summed E-state index contributed by atoms with van der Waals surface area (Å²) in [5.41, 5.74) is 3.00. The zero-order chi connectivity index (χ0) is 22.9. The maximum atomic E-state index is 12.7. The number of likely N-dealkylation sites (N-methyl/N-ethyl adjacent to an activating group) is 1. The van der Waals surface area contributed by atoms with Crippen LogP contribution in [0.15, 0.2) is 84.9 Å². The van der Waals surface area contributed by atoms with Gasteiger partial charge >= 0.3 is 0 Å². The van der Waals surface area contributed by atoms with Crippen LogP contribution in [0.5, 0.6) is 0 Å². The lowest BCUT2D eigenvalue weighted by molar-refractivity contribution is -0.384. The molecule has 0 saturated heterocycles. The SMILES string of the molecule is CCN(C(=O)Cc1ccc(NC(=O)C=Cc2ccc([N+](=O)[O-])cc2)cc1)c1ccccc1. The molecule has 3 aromatic carbocycles. The fourth-order valence-corrected chi connectivity index (χ4v) is 3.15. The van der Waals surface area contributed by atoms with Gasteiger partial charge < -0.3 is 10.2 Å². The van der Waals surface area contributed by atoms with E-state index in [0.717, 1.165) is 11.3 Å². The third-order valence-corrected chi connectivity index (χ3v) is 4.79. The van der Waals surface area contributed by atoms with Crippen molar-refractivity contribution in [3.63, 3.8) is 0 Å². The van der Waals surface area contributed by atoms with Gasteiger partial charge in [-0.15, -0.1) is 0 Å². The molecule has 0 aliphatic heterocycles. The Balaban J connectivity index is 1.56. The van der Waals surface area contributed by atoms with Crippen LogP contribution in [0.3, 0.4) is 0 Å². The van der Waals surface area contributed by atoms with Gasteiger partial charge in [0.2, 0.25) is 11.8 Å². The molecule has 0 aliphatic carbocycles. The molecule has 0 bridgehead atoms. The van der Waals surface area contributed by atoms with E-state index in [2.05, 4.69) is 5.32 Å². The van der Waals surface area contributed by atoms with Gasteiger partial charge in [-0.1, -0.05) is 30.3 Å². The zero-order valence-electron chi connectivity index (χ0n) is 17.6. The number of carbonyl (C=O) groups is 2. The second-order valence-corrected chi connectivity index (χ2v) is 7.02. The van der Waals surface area contributed by atoms with Crippen LogP contribution in [0.4, 0.5) is 17.1 Å². The lowest BCUT2D eigenvalue weighted by atomic mass is 10.1. The maximum absolute atomic E-state index is 12.7. The molecule has 0 aliphatic rings. The molecular weight excluding hydrogens is 406 g/mol. The van der Waals surface area contributed by atoms with E-state index >= 15 is 0 Å². The van der Waals surface area contributed by atoms with Crippen molar-refractivity contribution in [1.29, 1.82) is 0 Å². The van der Waals surface area contributed by atoms with Gasteiger partial charge in [-0.05, 0) is 60.5 Å². The van der Waals surface area contributed by atoms with Gasteiger partial charge in [-0.3, -0.25) is 19.7 Å². The van der Waals surface area contributed by atoms with Crippen molar-refractivity contribution >= 4 is 35.0 Å². The molecule has 0 aromatic heterocycles. The molecule has 7 heteroatoms. The first kappa shape index (κ1) is 22.4. The van der Waals surface area contributed by atoms with Gasteiger partial charge in [0.15, 0.2) is 0 Å².